The van der Waals surface area contributed by atoms with E-state index in [0.717, 1.165) is 0 Å². The highest BCUT2D eigenvalue weighted by Gasteiger charge is 2.12. The first kappa shape index (κ1) is 16.5. The third-order valence-corrected chi connectivity index (χ3v) is 3.03. The van der Waals surface area contributed by atoms with Crippen molar-refractivity contribution in [3.8, 4) is 11.5 Å². The van der Waals surface area contributed by atoms with Crippen molar-refractivity contribution in [3.63, 3.8) is 0 Å². The summed E-state index contributed by atoms with van der Waals surface area (Å²) in [5.74, 6) is -0.734. The van der Waals surface area contributed by atoms with Crippen LogP contribution in [0.15, 0.2) is 47.5 Å². The average molecular weight is 315 g/mol. The van der Waals surface area contributed by atoms with E-state index in [1.807, 2.05) is 0 Å². The number of methoxy groups -OCH3 is 1. The van der Waals surface area contributed by atoms with Crippen LogP contribution < -0.4 is 4.74 Å². The van der Waals surface area contributed by atoms with Crippen LogP contribution in [0.3, 0.4) is 0 Å². The highest BCUT2D eigenvalue weighted by molar-refractivity contribution is 5.92. The van der Waals surface area contributed by atoms with Crippen molar-refractivity contribution in [2.45, 2.75) is 0 Å². The first-order chi connectivity index (χ1) is 11.1. The lowest BCUT2D eigenvalue weighted by molar-refractivity contribution is 0.0689. The molecule has 0 saturated heterocycles. The van der Waals surface area contributed by atoms with Crippen molar-refractivity contribution >= 4 is 17.9 Å². The molecule has 6 nitrogen and oxygen atoms in total. The standard InChI is InChI=1S/C17H17NO5/c1-22-8-9-23-16-7-6-13(10-14(16)17(20)21)18-11-12-4-2-3-5-15(12)19/h2-7,10-11,19H,8-9H2,1H3,(H,20,21). The van der Waals surface area contributed by atoms with E-state index in [4.69, 9.17) is 9.47 Å². The van der Waals surface area contributed by atoms with Crippen LogP contribution in [-0.4, -0.2) is 42.7 Å². The number of nitrogens with zero attached hydrogens (tertiary/aromatic N) is 1. The number of rotatable bonds is 7. The van der Waals surface area contributed by atoms with E-state index in [0.29, 0.717) is 17.9 Å². The first-order valence-corrected chi connectivity index (χ1v) is 6.93. The summed E-state index contributed by atoms with van der Waals surface area (Å²) in [5, 5.41) is 19.0. The van der Waals surface area contributed by atoms with Gasteiger partial charge in [0.05, 0.1) is 12.3 Å². The fourth-order valence-electron chi connectivity index (χ4n) is 1.87. The Balaban J connectivity index is 2.22. The van der Waals surface area contributed by atoms with Gasteiger partial charge in [0.2, 0.25) is 0 Å². The molecule has 0 fully saturated rings. The Morgan fingerprint density at radius 3 is 2.70 bits per heavy atom. The Kier molecular flexibility index (Phi) is 5.71. The van der Waals surface area contributed by atoms with E-state index in [-0.39, 0.29) is 23.7 Å². The summed E-state index contributed by atoms with van der Waals surface area (Å²) in [4.78, 5) is 15.5. The van der Waals surface area contributed by atoms with Gasteiger partial charge in [0.25, 0.3) is 0 Å². The predicted molar refractivity (Wildman–Crippen MR) is 86.1 cm³/mol. The lowest BCUT2D eigenvalue weighted by Crippen LogP contribution is -2.08. The van der Waals surface area contributed by atoms with Crippen LogP contribution in [-0.2, 0) is 4.74 Å². The lowest BCUT2D eigenvalue weighted by atomic mass is 10.1. The van der Waals surface area contributed by atoms with E-state index < -0.39 is 5.97 Å². The minimum atomic E-state index is -1.10. The topological polar surface area (TPSA) is 88.4 Å². The van der Waals surface area contributed by atoms with Gasteiger partial charge >= 0.3 is 5.97 Å². The van der Waals surface area contributed by atoms with Crippen LogP contribution >= 0.6 is 0 Å². The van der Waals surface area contributed by atoms with Gasteiger partial charge in [-0.2, -0.15) is 0 Å². The molecule has 0 amide bonds. The number of carboxylic acid groups (broad SMARTS) is 1. The molecule has 6 heteroatoms. The summed E-state index contributed by atoms with van der Waals surface area (Å²) < 4.78 is 10.2. The number of para-hydroxylation sites is 1. The number of hydrogen-bond acceptors (Lipinski definition) is 5. The number of ether oxygens (including phenoxy) is 2. The van der Waals surface area contributed by atoms with Crippen LogP contribution in [0, 0.1) is 0 Å². The highest BCUT2D eigenvalue weighted by Crippen LogP contribution is 2.25. The number of phenols is 1. The monoisotopic (exact) mass is 315 g/mol. The third-order valence-electron chi connectivity index (χ3n) is 3.03. The zero-order chi connectivity index (χ0) is 16.7. The third kappa shape index (κ3) is 4.55. The molecule has 0 heterocycles. The molecule has 0 aliphatic heterocycles. The molecular weight excluding hydrogens is 298 g/mol. The summed E-state index contributed by atoms with van der Waals surface area (Å²) in [6, 6.07) is 11.4. The Morgan fingerprint density at radius 2 is 2.00 bits per heavy atom. The molecule has 0 unspecified atom stereocenters. The Labute approximate surface area is 133 Å². The van der Waals surface area contributed by atoms with Crippen molar-refractivity contribution in [3.05, 3.63) is 53.6 Å². The summed E-state index contributed by atoms with van der Waals surface area (Å²) in [5.41, 5.74) is 1.02. The second kappa shape index (κ2) is 7.95. The van der Waals surface area contributed by atoms with Gasteiger partial charge in [-0.15, -0.1) is 0 Å². The van der Waals surface area contributed by atoms with E-state index >= 15 is 0 Å². The van der Waals surface area contributed by atoms with Crippen molar-refractivity contribution < 1.29 is 24.5 Å². The molecule has 0 spiro atoms. The van der Waals surface area contributed by atoms with E-state index in [2.05, 4.69) is 4.99 Å². The van der Waals surface area contributed by atoms with Gasteiger partial charge in [0, 0.05) is 18.9 Å². The molecular formula is C17H17NO5. The quantitative estimate of drug-likeness (QED) is 0.606. The maximum Gasteiger partial charge on any atom is 0.339 e. The predicted octanol–water partition coefficient (Wildman–Crippen LogP) is 2.87. The SMILES string of the molecule is COCCOc1ccc(N=Cc2ccccc2O)cc1C(=O)O. The number of carboxylic acids is 1. The molecule has 2 aromatic carbocycles. The lowest BCUT2D eigenvalue weighted by Gasteiger charge is -2.09. The van der Waals surface area contributed by atoms with Crippen molar-refractivity contribution in [2.75, 3.05) is 20.3 Å². The second-order valence-electron chi connectivity index (χ2n) is 4.64. The van der Waals surface area contributed by atoms with Gasteiger partial charge in [0.1, 0.15) is 23.7 Å². The van der Waals surface area contributed by atoms with Gasteiger partial charge in [0.15, 0.2) is 0 Å². The van der Waals surface area contributed by atoms with Crippen LogP contribution in [0.5, 0.6) is 11.5 Å². The summed E-state index contributed by atoms with van der Waals surface area (Å²) in [6.07, 6.45) is 1.47. The molecule has 0 aromatic heterocycles. The molecule has 23 heavy (non-hydrogen) atoms. The van der Waals surface area contributed by atoms with Crippen LogP contribution in [0.2, 0.25) is 0 Å². The first-order valence-electron chi connectivity index (χ1n) is 6.93. The number of phenolic OH excluding ortho intramolecular Hbond substituents is 1. The minimum Gasteiger partial charge on any atom is -0.507 e. The van der Waals surface area contributed by atoms with Crippen LogP contribution in [0.25, 0.3) is 0 Å². The molecule has 2 rings (SSSR count). The summed E-state index contributed by atoms with van der Waals surface area (Å²) in [7, 11) is 1.54. The van der Waals surface area contributed by atoms with Crippen LogP contribution in [0.4, 0.5) is 5.69 Å². The number of aromatic hydroxyl groups is 1. The minimum absolute atomic E-state index is 0.0213. The largest absolute Gasteiger partial charge is 0.507 e. The van der Waals surface area contributed by atoms with Gasteiger partial charge in [-0.05, 0) is 30.3 Å². The molecule has 0 aliphatic carbocycles. The number of aliphatic imine (C=N–C) groups is 1. The number of carbonyl (C=O) groups is 1. The molecule has 120 valence electrons. The second-order valence-corrected chi connectivity index (χ2v) is 4.64. The molecule has 0 radical (unpaired) electrons. The Morgan fingerprint density at radius 1 is 1.22 bits per heavy atom. The number of hydrogen-bond donors (Lipinski definition) is 2. The molecule has 0 saturated carbocycles. The Bertz CT molecular complexity index is 712. The summed E-state index contributed by atoms with van der Waals surface area (Å²) in [6.45, 7) is 0.629. The zero-order valence-electron chi connectivity index (χ0n) is 12.6. The summed E-state index contributed by atoms with van der Waals surface area (Å²) >= 11 is 0. The maximum atomic E-state index is 11.3. The zero-order valence-corrected chi connectivity index (χ0v) is 12.6. The molecule has 2 N–H and O–H groups in total. The number of aromatic carboxylic acids is 1. The highest BCUT2D eigenvalue weighted by atomic mass is 16.5. The van der Waals surface area contributed by atoms with E-state index in [1.165, 1.54) is 19.4 Å². The van der Waals surface area contributed by atoms with Gasteiger partial charge < -0.3 is 19.7 Å². The number of benzene rings is 2. The van der Waals surface area contributed by atoms with E-state index in [9.17, 15) is 15.0 Å². The smallest absolute Gasteiger partial charge is 0.339 e. The van der Waals surface area contributed by atoms with Crippen molar-refractivity contribution in [1.82, 2.24) is 0 Å². The van der Waals surface area contributed by atoms with Crippen molar-refractivity contribution in [1.29, 1.82) is 0 Å². The van der Waals surface area contributed by atoms with Crippen molar-refractivity contribution in [2.24, 2.45) is 4.99 Å². The molecule has 0 bridgehead atoms. The van der Waals surface area contributed by atoms with Crippen LogP contribution in [0.1, 0.15) is 15.9 Å². The van der Waals surface area contributed by atoms with Gasteiger partial charge in [-0.3, -0.25) is 4.99 Å². The normalized spacial score (nSPS) is 10.8. The Hall–Kier alpha value is -2.86. The maximum absolute atomic E-state index is 11.3. The van der Waals surface area contributed by atoms with Gasteiger partial charge in [-0.25, -0.2) is 4.79 Å². The average Bonchev–Trinajstić information content (AvgIpc) is 2.55. The molecule has 2 aromatic rings. The molecule has 0 aliphatic rings. The van der Waals surface area contributed by atoms with E-state index in [1.54, 1.807) is 36.4 Å². The van der Waals surface area contributed by atoms with Gasteiger partial charge in [-0.1, -0.05) is 12.1 Å². The fourth-order valence-corrected chi connectivity index (χ4v) is 1.87. The fraction of sp³-hybridized carbons (Fsp3) is 0.176. The molecule has 0 atom stereocenters.